The highest BCUT2D eigenvalue weighted by Gasteiger charge is 2.38. The van der Waals surface area contributed by atoms with Crippen LogP contribution in [0.1, 0.15) is 13.8 Å². The molecule has 16 heavy (non-hydrogen) atoms. The molecule has 1 heterocycles. The van der Waals surface area contributed by atoms with Gasteiger partial charge in [0.05, 0.1) is 0 Å². The fourth-order valence-corrected chi connectivity index (χ4v) is 4.40. The van der Waals surface area contributed by atoms with Crippen molar-refractivity contribution in [2.45, 2.75) is 26.1 Å². The van der Waals surface area contributed by atoms with Gasteiger partial charge in [-0.05, 0) is 10.8 Å². The highest BCUT2D eigenvalue weighted by molar-refractivity contribution is 8.72. The zero-order chi connectivity index (χ0) is 12.3. The number of rotatable bonds is 2. The molecule has 0 saturated carbocycles. The van der Waals surface area contributed by atoms with Crippen molar-refractivity contribution < 1.29 is 27.5 Å². The molecule has 1 aliphatic rings. The Morgan fingerprint density at radius 1 is 1.12 bits per heavy atom. The molecule has 1 aliphatic heterocycles. The van der Waals surface area contributed by atoms with Gasteiger partial charge in [0.15, 0.2) is 6.10 Å². The van der Waals surface area contributed by atoms with Gasteiger partial charge in [0.1, 0.15) is 11.9 Å². The predicted molar refractivity (Wildman–Crippen MR) is 57.4 cm³/mol. The lowest BCUT2D eigenvalue weighted by Crippen LogP contribution is -2.44. The van der Waals surface area contributed by atoms with Gasteiger partial charge in [0, 0.05) is 19.6 Å². The van der Waals surface area contributed by atoms with Gasteiger partial charge in [0.25, 0.3) is 0 Å². The Kier molecular flexibility index (Phi) is 4.20. The lowest BCUT2D eigenvalue weighted by molar-refractivity contribution is -0.161. The maximum Gasteiger partial charge on any atom is 0.303 e. The second-order valence-electron chi connectivity index (χ2n) is 3.30. The van der Waals surface area contributed by atoms with E-state index in [2.05, 4.69) is 0 Å². The topological polar surface area (TPSA) is 86.7 Å². The summed E-state index contributed by atoms with van der Waals surface area (Å²) in [4.78, 5) is 21.6. The largest absolute Gasteiger partial charge is 0.458 e. The van der Waals surface area contributed by atoms with Crippen molar-refractivity contribution in [3.63, 3.8) is 0 Å². The Hall–Kier alpha value is -0.760. The van der Waals surface area contributed by atoms with Crippen molar-refractivity contribution >= 4 is 31.6 Å². The van der Waals surface area contributed by atoms with E-state index in [9.17, 15) is 18.0 Å². The average molecular weight is 268 g/mol. The molecule has 0 aliphatic carbocycles. The molecule has 0 spiro atoms. The molecule has 6 nitrogen and oxygen atoms in total. The lowest BCUT2D eigenvalue weighted by atomic mass is 10.2. The van der Waals surface area contributed by atoms with Gasteiger partial charge in [-0.2, -0.15) is 0 Å². The molecule has 1 rings (SSSR count). The average Bonchev–Trinajstić information content (AvgIpc) is 2.07. The number of hydrogen-bond donors (Lipinski definition) is 0. The molecule has 2 atom stereocenters. The van der Waals surface area contributed by atoms with Crippen molar-refractivity contribution in [3.8, 4) is 0 Å². The third-order valence-electron chi connectivity index (χ3n) is 1.83. The molecule has 0 bridgehead atoms. The quantitative estimate of drug-likeness (QED) is 0.511. The summed E-state index contributed by atoms with van der Waals surface area (Å²) in [6.45, 7) is 2.40. The summed E-state index contributed by atoms with van der Waals surface area (Å²) in [5.74, 6) is -1.36. The molecule has 8 heteroatoms. The Labute approximate surface area is 97.0 Å². The van der Waals surface area contributed by atoms with Gasteiger partial charge in [-0.1, -0.05) is 0 Å². The number of hydrogen-bond acceptors (Lipinski definition) is 7. The van der Waals surface area contributed by atoms with Crippen LogP contribution < -0.4 is 0 Å². The number of esters is 2. The predicted octanol–water partition coefficient (Wildman–Crippen LogP) is -0.0736. The molecular weight excluding hydrogens is 256 g/mol. The smallest absolute Gasteiger partial charge is 0.303 e. The number of carbonyl (C=O) groups is 2. The zero-order valence-electron chi connectivity index (χ0n) is 8.83. The molecule has 0 unspecified atom stereocenters. The molecule has 1 fully saturated rings. The van der Waals surface area contributed by atoms with Crippen LogP contribution in [0.5, 0.6) is 0 Å². The first-order valence-corrected chi connectivity index (χ1v) is 7.67. The molecule has 0 radical (unpaired) electrons. The van der Waals surface area contributed by atoms with E-state index < -0.39 is 33.0 Å². The Balaban J connectivity index is 2.75. The fraction of sp³-hybridized carbons (Fsp3) is 0.750. The van der Waals surface area contributed by atoms with Gasteiger partial charge in [-0.3, -0.25) is 9.59 Å². The number of ether oxygens (including phenoxy) is 2. The first kappa shape index (κ1) is 13.3. The minimum atomic E-state index is -3.30. The normalized spacial score (nSPS) is 28.1. The SMILES string of the molecule is CC(=O)O[C@H]1CS(=O)(=O)SC[C@H]1OC(C)=O. The molecule has 0 aromatic rings. The standard InChI is InChI=1S/C8H12O6S2/c1-5(9)13-7-3-15-16(11,12)4-8(7)14-6(2)10/h7-8H,3-4H2,1-2H3/t7-,8+/m1/s1. The Morgan fingerprint density at radius 3 is 2.12 bits per heavy atom. The summed E-state index contributed by atoms with van der Waals surface area (Å²) in [6.07, 6.45) is -1.61. The summed E-state index contributed by atoms with van der Waals surface area (Å²) in [7, 11) is -2.59. The van der Waals surface area contributed by atoms with Crippen LogP contribution in [0.3, 0.4) is 0 Å². The fourth-order valence-electron chi connectivity index (χ4n) is 1.28. The second kappa shape index (κ2) is 5.05. The number of carbonyl (C=O) groups excluding carboxylic acids is 2. The molecule has 1 saturated heterocycles. The summed E-state index contributed by atoms with van der Waals surface area (Å²) in [6, 6.07) is 0. The van der Waals surface area contributed by atoms with Crippen molar-refractivity contribution in [2.75, 3.05) is 11.5 Å². The van der Waals surface area contributed by atoms with Crippen molar-refractivity contribution in [1.82, 2.24) is 0 Å². The van der Waals surface area contributed by atoms with Gasteiger partial charge >= 0.3 is 11.9 Å². The van der Waals surface area contributed by atoms with Gasteiger partial charge in [0.2, 0.25) is 8.87 Å². The summed E-state index contributed by atoms with van der Waals surface area (Å²) in [5, 5.41) is 0. The third kappa shape index (κ3) is 4.01. The first-order chi connectivity index (χ1) is 7.30. The highest BCUT2D eigenvalue weighted by Crippen LogP contribution is 2.27. The molecule has 0 aromatic carbocycles. The van der Waals surface area contributed by atoms with E-state index in [0.29, 0.717) is 10.8 Å². The summed E-state index contributed by atoms with van der Waals surface area (Å²) < 4.78 is 32.3. The van der Waals surface area contributed by atoms with Crippen molar-refractivity contribution in [1.29, 1.82) is 0 Å². The highest BCUT2D eigenvalue weighted by atomic mass is 33.1. The van der Waals surface area contributed by atoms with Crippen LogP contribution in [0.25, 0.3) is 0 Å². The van der Waals surface area contributed by atoms with Gasteiger partial charge in [-0.15, -0.1) is 0 Å². The van der Waals surface area contributed by atoms with Crippen molar-refractivity contribution in [3.05, 3.63) is 0 Å². The van der Waals surface area contributed by atoms with E-state index in [-0.39, 0.29) is 11.5 Å². The van der Waals surface area contributed by atoms with Crippen molar-refractivity contribution in [2.24, 2.45) is 0 Å². The van der Waals surface area contributed by atoms with Crippen LogP contribution >= 0.6 is 10.8 Å². The van der Waals surface area contributed by atoms with Crippen LogP contribution in [0.2, 0.25) is 0 Å². The molecule has 0 amide bonds. The van der Waals surface area contributed by atoms with Gasteiger partial charge < -0.3 is 9.47 Å². The van der Waals surface area contributed by atoms with E-state index in [1.165, 1.54) is 13.8 Å². The molecular formula is C8H12O6S2. The molecule has 0 N–H and O–H groups in total. The van der Waals surface area contributed by atoms with Crippen LogP contribution in [-0.4, -0.2) is 44.1 Å². The maximum absolute atomic E-state index is 11.3. The third-order valence-corrected chi connectivity index (χ3v) is 5.28. The Morgan fingerprint density at radius 2 is 1.62 bits per heavy atom. The van der Waals surface area contributed by atoms with Crippen LogP contribution in [-0.2, 0) is 27.9 Å². The molecule has 92 valence electrons. The second-order valence-corrected chi connectivity index (χ2v) is 7.55. The van der Waals surface area contributed by atoms with E-state index in [1.807, 2.05) is 0 Å². The molecule has 0 aromatic heterocycles. The summed E-state index contributed by atoms with van der Waals surface area (Å²) in [5.41, 5.74) is 0. The van der Waals surface area contributed by atoms with Crippen LogP contribution in [0, 0.1) is 0 Å². The van der Waals surface area contributed by atoms with E-state index in [1.54, 1.807) is 0 Å². The van der Waals surface area contributed by atoms with E-state index in [0.717, 1.165) is 0 Å². The van der Waals surface area contributed by atoms with Crippen LogP contribution in [0.15, 0.2) is 0 Å². The Bertz CT molecular complexity index is 387. The monoisotopic (exact) mass is 268 g/mol. The minimum Gasteiger partial charge on any atom is -0.458 e. The van der Waals surface area contributed by atoms with E-state index in [4.69, 9.17) is 9.47 Å². The lowest BCUT2D eigenvalue weighted by Gasteiger charge is -2.29. The summed E-state index contributed by atoms with van der Waals surface area (Å²) >= 11 is 0. The van der Waals surface area contributed by atoms with Crippen LogP contribution in [0.4, 0.5) is 0 Å². The first-order valence-electron chi connectivity index (χ1n) is 4.52. The maximum atomic E-state index is 11.3. The minimum absolute atomic E-state index is 0.0832. The zero-order valence-corrected chi connectivity index (χ0v) is 10.5. The van der Waals surface area contributed by atoms with Gasteiger partial charge in [-0.25, -0.2) is 8.42 Å². The van der Waals surface area contributed by atoms with E-state index >= 15 is 0 Å².